The average molecular weight is 306 g/mol. The highest BCUT2D eigenvalue weighted by molar-refractivity contribution is 7.89. The van der Waals surface area contributed by atoms with Crippen LogP contribution in [0.4, 0.5) is 0 Å². The first-order valence-electron chi connectivity index (χ1n) is 6.58. The lowest BCUT2D eigenvalue weighted by molar-refractivity contribution is 0.475. The van der Waals surface area contributed by atoms with Crippen LogP contribution in [0.15, 0.2) is 53.4 Å². The minimum atomic E-state index is -3.50. The van der Waals surface area contributed by atoms with Crippen molar-refractivity contribution in [1.82, 2.24) is 4.72 Å². The Labute approximate surface area is 124 Å². The number of rotatable bonds is 6. The van der Waals surface area contributed by atoms with Crippen LogP contribution in [0.5, 0.6) is 5.75 Å². The molecule has 0 atom stereocenters. The van der Waals surface area contributed by atoms with Crippen molar-refractivity contribution < 1.29 is 13.5 Å². The molecule has 2 aromatic carbocycles. The molecule has 4 N–H and O–H groups in total. The van der Waals surface area contributed by atoms with Crippen molar-refractivity contribution in [2.24, 2.45) is 5.73 Å². The highest BCUT2D eigenvalue weighted by Gasteiger charge is 2.12. The maximum Gasteiger partial charge on any atom is 0.240 e. The van der Waals surface area contributed by atoms with Crippen LogP contribution < -0.4 is 10.5 Å². The maximum atomic E-state index is 12.1. The fraction of sp³-hybridized carbons (Fsp3) is 0.200. The van der Waals surface area contributed by atoms with E-state index >= 15 is 0 Å². The number of phenolic OH excluding ortho intramolecular Hbond substituents is 1. The Morgan fingerprint density at radius 1 is 0.952 bits per heavy atom. The lowest BCUT2D eigenvalue weighted by Crippen LogP contribution is -2.26. The first-order valence-corrected chi connectivity index (χ1v) is 8.06. The molecule has 0 bridgehead atoms. The van der Waals surface area contributed by atoms with Crippen molar-refractivity contribution in [2.45, 2.75) is 17.9 Å². The number of phenols is 1. The molecule has 0 amide bonds. The van der Waals surface area contributed by atoms with Gasteiger partial charge in [0.1, 0.15) is 5.75 Å². The van der Waals surface area contributed by atoms with E-state index in [0.717, 1.165) is 11.1 Å². The zero-order valence-corrected chi connectivity index (χ0v) is 12.3. The molecule has 2 aromatic rings. The molecule has 2 rings (SSSR count). The third-order valence-electron chi connectivity index (χ3n) is 3.11. The van der Waals surface area contributed by atoms with Crippen LogP contribution >= 0.6 is 0 Å². The Kier molecular flexibility index (Phi) is 4.95. The van der Waals surface area contributed by atoms with Crippen molar-refractivity contribution in [2.75, 3.05) is 6.54 Å². The van der Waals surface area contributed by atoms with Crippen molar-refractivity contribution >= 4 is 10.0 Å². The van der Waals surface area contributed by atoms with E-state index in [1.807, 2.05) is 0 Å². The van der Waals surface area contributed by atoms with E-state index < -0.39 is 10.0 Å². The molecule has 0 radical (unpaired) electrons. The van der Waals surface area contributed by atoms with Gasteiger partial charge in [0.25, 0.3) is 0 Å². The van der Waals surface area contributed by atoms with Crippen LogP contribution in [0.25, 0.3) is 0 Å². The van der Waals surface area contributed by atoms with Crippen molar-refractivity contribution in [3.63, 3.8) is 0 Å². The summed E-state index contributed by atoms with van der Waals surface area (Å²) in [6.07, 6.45) is 0.556. The van der Waals surface area contributed by atoms with Crippen molar-refractivity contribution in [1.29, 1.82) is 0 Å². The fourth-order valence-electron chi connectivity index (χ4n) is 1.88. The molecule has 0 saturated carbocycles. The van der Waals surface area contributed by atoms with Gasteiger partial charge >= 0.3 is 0 Å². The molecular weight excluding hydrogens is 288 g/mol. The summed E-state index contributed by atoms with van der Waals surface area (Å²) in [7, 11) is -3.50. The molecule has 0 fully saturated rings. The first-order chi connectivity index (χ1) is 10.0. The number of hydrogen-bond donors (Lipinski definition) is 3. The molecule has 21 heavy (non-hydrogen) atoms. The molecule has 5 nitrogen and oxygen atoms in total. The Morgan fingerprint density at radius 3 is 2.10 bits per heavy atom. The molecule has 0 aliphatic heterocycles. The van der Waals surface area contributed by atoms with Crippen LogP contribution in [0.3, 0.4) is 0 Å². The molecule has 0 saturated heterocycles. The summed E-state index contributed by atoms with van der Waals surface area (Å²) in [5, 5.41) is 9.18. The Morgan fingerprint density at radius 2 is 1.52 bits per heavy atom. The van der Waals surface area contributed by atoms with E-state index in [9.17, 15) is 13.5 Å². The van der Waals surface area contributed by atoms with E-state index in [1.54, 1.807) is 48.5 Å². The highest BCUT2D eigenvalue weighted by atomic mass is 32.2. The first kappa shape index (κ1) is 15.5. The largest absolute Gasteiger partial charge is 0.508 e. The Hall–Kier alpha value is -1.89. The third-order valence-corrected chi connectivity index (χ3v) is 4.59. The van der Waals surface area contributed by atoms with E-state index in [0.29, 0.717) is 19.5 Å². The van der Waals surface area contributed by atoms with Gasteiger partial charge in [-0.05, 0) is 41.8 Å². The number of sulfonamides is 1. The molecular formula is C15H18N2O3S. The number of benzene rings is 2. The summed E-state index contributed by atoms with van der Waals surface area (Å²) in [5.41, 5.74) is 7.32. The quantitative estimate of drug-likeness (QED) is 0.751. The topological polar surface area (TPSA) is 92.4 Å². The third kappa shape index (κ3) is 4.29. The van der Waals surface area contributed by atoms with E-state index in [1.165, 1.54) is 0 Å². The molecule has 0 spiro atoms. The van der Waals surface area contributed by atoms with Gasteiger partial charge in [-0.2, -0.15) is 0 Å². The number of nitrogens with two attached hydrogens (primary N) is 1. The smallest absolute Gasteiger partial charge is 0.240 e. The van der Waals surface area contributed by atoms with Crippen molar-refractivity contribution in [3.05, 3.63) is 59.7 Å². The Balaban J connectivity index is 1.95. The van der Waals surface area contributed by atoms with Crippen LogP contribution in [0, 0.1) is 0 Å². The van der Waals surface area contributed by atoms with Gasteiger partial charge in [-0.15, -0.1) is 0 Å². The summed E-state index contributed by atoms with van der Waals surface area (Å²) >= 11 is 0. The summed E-state index contributed by atoms with van der Waals surface area (Å²) in [6, 6.07) is 13.2. The molecule has 0 heterocycles. The minimum absolute atomic E-state index is 0.194. The van der Waals surface area contributed by atoms with Crippen LogP contribution in [0.2, 0.25) is 0 Å². The summed E-state index contributed by atoms with van der Waals surface area (Å²) in [6.45, 7) is 0.681. The average Bonchev–Trinajstić information content (AvgIpc) is 2.49. The lowest BCUT2D eigenvalue weighted by Gasteiger charge is -2.07. The highest BCUT2D eigenvalue weighted by Crippen LogP contribution is 2.12. The molecule has 0 unspecified atom stereocenters. The molecule has 0 aliphatic rings. The van der Waals surface area contributed by atoms with Gasteiger partial charge in [0.05, 0.1) is 4.90 Å². The zero-order chi connectivity index (χ0) is 15.3. The summed E-state index contributed by atoms with van der Waals surface area (Å²) in [5.74, 6) is 0.194. The van der Waals surface area contributed by atoms with Gasteiger partial charge in [-0.3, -0.25) is 0 Å². The predicted molar refractivity (Wildman–Crippen MR) is 81.3 cm³/mol. The zero-order valence-electron chi connectivity index (χ0n) is 11.5. The number of hydrogen-bond acceptors (Lipinski definition) is 4. The fourth-order valence-corrected chi connectivity index (χ4v) is 2.91. The second-order valence-corrected chi connectivity index (χ2v) is 6.43. The normalized spacial score (nSPS) is 11.5. The lowest BCUT2D eigenvalue weighted by atomic mass is 10.1. The monoisotopic (exact) mass is 306 g/mol. The predicted octanol–water partition coefficient (Wildman–Crippen LogP) is 1.37. The van der Waals surface area contributed by atoms with Gasteiger partial charge in [-0.25, -0.2) is 13.1 Å². The number of nitrogens with one attached hydrogen (secondary N) is 1. The number of aromatic hydroxyl groups is 1. The maximum absolute atomic E-state index is 12.1. The van der Waals surface area contributed by atoms with Crippen molar-refractivity contribution in [3.8, 4) is 5.75 Å². The second kappa shape index (κ2) is 6.71. The van der Waals surface area contributed by atoms with Gasteiger partial charge in [-0.1, -0.05) is 24.3 Å². The van der Waals surface area contributed by atoms with Gasteiger partial charge in [0.2, 0.25) is 10.0 Å². The van der Waals surface area contributed by atoms with Gasteiger partial charge in [0, 0.05) is 13.1 Å². The standard InChI is InChI=1S/C15H18N2O3S/c16-11-13-3-7-15(8-4-13)21(19,20)17-10-9-12-1-5-14(18)6-2-12/h1-8,17-18H,9-11,16H2. The molecule has 0 aliphatic carbocycles. The second-order valence-electron chi connectivity index (χ2n) is 4.66. The van der Waals surface area contributed by atoms with Gasteiger partial charge < -0.3 is 10.8 Å². The van der Waals surface area contributed by atoms with Crippen LogP contribution in [0.1, 0.15) is 11.1 Å². The summed E-state index contributed by atoms with van der Waals surface area (Å²) in [4.78, 5) is 0.227. The molecule has 0 aromatic heterocycles. The van der Waals surface area contributed by atoms with Crippen LogP contribution in [-0.4, -0.2) is 20.1 Å². The van der Waals surface area contributed by atoms with E-state index in [4.69, 9.17) is 5.73 Å². The van der Waals surface area contributed by atoms with Gasteiger partial charge in [0.15, 0.2) is 0 Å². The SMILES string of the molecule is NCc1ccc(S(=O)(=O)NCCc2ccc(O)cc2)cc1. The molecule has 6 heteroatoms. The van der Waals surface area contributed by atoms with Crippen LogP contribution in [-0.2, 0) is 23.0 Å². The molecule has 112 valence electrons. The Bertz CT molecular complexity index is 680. The van der Waals surface area contributed by atoms with E-state index in [-0.39, 0.29) is 10.6 Å². The minimum Gasteiger partial charge on any atom is -0.508 e. The summed E-state index contributed by atoms with van der Waals surface area (Å²) < 4.78 is 26.7. The van der Waals surface area contributed by atoms with E-state index in [2.05, 4.69) is 4.72 Å².